The van der Waals surface area contributed by atoms with Crippen LogP contribution in [0.2, 0.25) is 5.15 Å². The number of nitrogens with zero attached hydrogens (tertiary/aromatic N) is 2. The Morgan fingerprint density at radius 3 is 2.59 bits per heavy atom. The maximum absolute atomic E-state index is 11.7. The normalized spacial score (nSPS) is 10.0. The van der Waals surface area contributed by atoms with Crippen molar-refractivity contribution in [2.24, 2.45) is 0 Å². The van der Waals surface area contributed by atoms with Crippen molar-refractivity contribution >= 4 is 17.6 Å². The second-order valence-corrected chi connectivity index (χ2v) is 3.77. The summed E-state index contributed by atoms with van der Waals surface area (Å²) in [4.78, 5) is 11.7. The van der Waals surface area contributed by atoms with Crippen LogP contribution in [0.3, 0.4) is 0 Å². The van der Waals surface area contributed by atoms with Crippen molar-refractivity contribution in [3.05, 3.63) is 52.7 Å². The quantitative estimate of drug-likeness (QED) is 0.767. The van der Waals surface area contributed by atoms with Gasteiger partial charge in [0.25, 0.3) is 0 Å². The summed E-state index contributed by atoms with van der Waals surface area (Å²) in [5.74, 6) is -0.331. The molecule has 0 aliphatic rings. The molecule has 0 aliphatic heterocycles. The molecule has 0 saturated heterocycles. The standard InChI is InChI=1S/C12H9ClN2O2/c1-8-7-10(14-15-11(8)13)17-12(16)9-5-3-2-4-6-9/h2-7H,1H3. The molecular formula is C12H9ClN2O2. The summed E-state index contributed by atoms with van der Waals surface area (Å²) in [7, 11) is 0. The van der Waals surface area contributed by atoms with Gasteiger partial charge in [-0.1, -0.05) is 29.8 Å². The SMILES string of the molecule is Cc1cc(OC(=O)c2ccccc2)nnc1Cl. The summed E-state index contributed by atoms with van der Waals surface area (Å²) in [5.41, 5.74) is 1.17. The Morgan fingerprint density at radius 2 is 1.94 bits per heavy atom. The molecule has 0 N–H and O–H groups in total. The fourth-order valence-corrected chi connectivity index (χ4v) is 1.32. The van der Waals surface area contributed by atoms with Gasteiger partial charge in [0.2, 0.25) is 5.88 Å². The van der Waals surface area contributed by atoms with Crippen molar-refractivity contribution in [1.82, 2.24) is 10.2 Å². The van der Waals surface area contributed by atoms with Gasteiger partial charge in [-0.3, -0.25) is 0 Å². The van der Waals surface area contributed by atoms with Gasteiger partial charge in [-0.05, 0) is 24.6 Å². The topological polar surface area (TPSA) is 52.1 Å². The Morgan fingerprint density at radius 1 is 1.24 bits per heavy atom. The number of carbonyl (C=O) groups is 1. The van der Waals surface area contributed by atoms with Crippen LogP contribution in [0, 0.1) is 6.92 Å². The van der Waals surface area contributed by atoms with E-state index >= 15 is 0 Å². The molecule has 86 valence electrons. The van der Waals surface area contributed by atoms with E-state index in [2.05, 4.69) is 10.2 Å². The minimum atomic E-state index is -0.471. The van der Waals surface area contributed by atoms with Crippen molar-refractivity contribution in [3.63, 3.8) is 0 Å². The first-order valence-electron chi connectivity index (χ1n) is 4.94. The highest BCUT2D eigenvalue weighted by Crippen LogP contribution is 2.16. The zero-order valence-electron chi connectivity index (χ0n) is 9.05. The van der Waals surface area contributed by atoms with Gasteiger partial charge in [-0.15, -0.1) is 10.2 Å². The van der Waals surface area contributed by atoms with E-state index in [0.29, 0.717) is 16.3 Å². The van der Waals surface area contributed by atoms with E-state index < -0.39 is 5.97 Å². The number of ether oxygens (including phenoxy) is 1. The third kappa shape index (κ3) is 2.79. The minimum Gasteiger partial charge on any atom is -0.402 e. The van der Waals surface area contributed by atoms with Crippen LogP contribution in [0.4, 0.5) is 0 Å². The van der Waals surface area contributed by atoms with Crippen LogP contribution in [-0.4, -0.2) is 16.2 Å². The Labute approximate surface area is 103 Å². The van der Waals surface area contributed by atoms with Crippen LogP contribution < -0.4 is 4.74 Å². The molecule has 4 nitrogen and oxygen atoms in total. The van der Waals surface area contributed by atoms with E-state index in [9.17, 15) is 4.79 Å². The first-order chi connectivity index (χ1) is 8.16. The number of carbonyl (C=O) groups excluding carboxylic acids is 1. The average molecular weight is 249 g/mol. The molecule has 0 radical (unpaired) electrons. The van der Waals surface area contributed by atoms with Crippen molar-refractivity contribution < 1.29 is 9.53 Å². The molecule has 0 fully saturated rings. The largest absolute Gasteiger partial charge is 0.402 e. The van der Waals surface area contributed by atoms with Gasteiger partial charge in [-0.2, -0.15) is 0 Å². The number of hydrogen-bond donors (Lipinski definition) is 0. The van der Waals surface area contributed by atoms with E-state index in [1.165, 1.54) is 0 Å². The van der Waals surface area contributed by atoms with Crippen molar-refractivity contribution in [2.45, 2.75) is 6.92 Å². The lowest BCUT2D eigenvalue weighted by Gasteiger charge is -2.03. The minimum absolute atomic E-state index is 0.140. The molecule has 17 heavy (non-hydrogen) atoms. The van der Waals surface area contributed by atoms with Gasteiger partial charge in [-0.25, -0.2) is 4.79 Å². The first kappa shape index (κ1) is 11.5. The molecule has 0 amide bonds. The third-order valence-electron chi connectivity index (χ3n) is 2.11. The lowest BCUT2D eigenvalue weighted by atomic mass is 10.2. The van der Waals surface area contributed by atoms with Crippen molar-refractivity contribution in [3.8, 4) is 5.88 Å². The monoisotopic (exact) mass is 248 g/mol. The van der Waals surface area contributed by atoms with Crippen LogP contribution in [0.25, 0.3) is 0 Å². The zero-order chi connectivity index (χ0) is 12.3. The highest BCUT2D eigenvalue weighted by Gasteiger charge is 2.10. The lowest BCUT2D eigenvalue weighted by molar-refractivity contribution is 0.0725. The molecule has 1 heterocycles. The summed E-state index contributed by atoms with van der Waals surface area (Å²) in [5, 5.41) is 7.64. The van der Waals surface area contributed by atoms with Crippen LogP contribution in [0.5, 0.6) is 5.88 Å². The van der Waals surface area contributed by atoms with Gasteiger partial charge in [0.1, 0.15) is 0 Å². The maximum atomic E-state index is 11.7. The van der Waals surface area contributed by atoms with Crippen LogP contribution in [0.1, 0.15) is 15.9 Å². The number of aryl methyl sites for hydroxylation is 1. The average Bonchev–Trinajstić information content (AvgIpc) is 2.35. The predicted octanol–water partition coefficient (Wildman–Crippen LogP) is 2.66. The number of benzene rings is 1. The Bertz CT molecular complexity index is 543. The molecule has 5 heteroatoms. The molecule has 1 aromatic carbocycles. The molecule has 0 unspecified atom stereocenters. The molecule has 0 spiro atoms. The van der Waals surface area contributed by atoms with E-state index in [1.807, 2.05) is 6.07 Å². The summed E-state index contributed by atoms with van der Waals surface area (Å²) in [6, 6.07) is 10.2. The summed E-state index contributed by atoms with van der Waals surface area (Å²) in [6.45, 7) is 1.76. The summed E-state index contributed by atoms with van der Waals surface area (Å²) >= 11 is 5.72. The highest BCUT2D eigenvalue weighted by atomic mass is 35.5. The zero-order valence-corrected chi connectivity index (χ0v) is 9.81. The molecule has 0 aliphatic carbocycles. The summed E-state index contributed by atoms with van der Waals surface area (Å²) < 4.78 is 5.07. The molecule has 2 aromatic rings. The van der Waals surface area contributed by atoms with Gasteiger partial charge >= 0.3 is 5.97 Å². The van der Waals surface area contributed by atoms with E-state index in [-0.39, 0.29) is 5.88 Å². The predicted molar refractivity (Wildman–Crippen MR) is 63.2 cm³/mol. The first-order valence-corrected chi connectivity index (χ1v) is 5.31. The molecular weight excluding hydrogens is 240 g/mol. The second-order valence-electron chi connectivity index (χ2n) is 3.41. The highest BCUT2D eigenvalue weighted by molar-refractivity contribution is 6.30. The van der Waals surface area contributed by atoms with Gasteiger partial charge < -0.3 is 4.74 Å². The maximum Gasteiger partial charge on any atom is 0.344 e. The van der Waals surface area contributed by atoms with Crippen molar-refractivity contribution in [2.75, 3.05) is 0 Å². The van der Waals surface area contributed by atoms with E-state index in [4.69, 9.17) is 16.3 Å². The van der Waals surface area contributed by atoms with Crippen LogP contribution >= 0.6 is 11.6 Å². The van der Waals surface area contributed by atoms with E-state index in [0.717, 1.165) is 0 Å². The lowest BCUT2D eigenvalue weighted by Crippen LogP contribution is -2.09. The summed E-state index contributed by atoms with van der Waals surface area (Å²) in [6.07, 6.45) is 0. The number of halogens is 1. The molecule has 0 saturated carbocycles. The molecule has 2 rings (SSSR count). The molecule has 1 aromatic heterocycles. The van der Waals surface area contributed by atoms with Gasteiger partial charge in [0.05, 0.1) is 5.56 Å². The fourth-order valence-electron chi connectivity index (χ4n) is 1.22. The van der Waals surface area contributed by atoms with Gasteiger partial charge in [0.15, 0.2) is 5.15 Å². The second kappa shape index (κ2) is 4.93. The number of esters is 1. The Kier molecular flexibility index (Phi) is 3.35. The van der Waals surface area contributed by atoms with Gasteiger partial charge in [0, 0.05) is 6.07 Å². The molecule has 0 atom stereocenters. The fraction of sp³-hybridized carbons (Fsp3) is 0.0833. The van der Waals surface area contributed by atoms with Crippen LogP contribution in [-0.2, 0) is 0 Å². The Balaban J connectivity index is 2.16. The van der Waals surface area contributed by atoms with Crippen LogP contribution in [0.15, 0.2) is 36.4 Å². The smallest absolute Gasteiger partial charge is 0.344 e. The number of rotatable bonds is 2. The Hall–Kier alpha value is -1.94. The third-order valence-corrected chi connectivity index (χ3v) is 2.48. The molecule has 0 bridgehead atoms. The van der Waals surface area contributed by atoms with E-state index in [1.54, 1.807) is 37.3 Å². The number of aromatic nitrogens is 2. The number of hydrogen-bond acceptors (Lipinski definition) is 4. The van der Waals surface area contributed by atoms with Crippen molar-refractivity contribution in [1.29, 1.82) is 0 Å².